The molecule has 0 radical (unpaired) electrons. The van der Waals surface area contributed by atoms with Crippen molar-refractivity contribution in [3.05, 3.63) is 35.9 Å². The Morgan fingerprint density at radius 2 is 2.11 bits per heavy atom. The van der Waals surface area contributed by atoms with Crippen molar-refractivity contribution in [2.45, 2.75) is 19.3 Å². The molecule has 1 rings (SSSR count). The van der Waals surface area contributed by atoms with E-state index in [1.54, 1.807) is 11.8 Å². The fourth-order valence-corrected chi connectivity index (χ4v) is 2.27. The number of amides is 1. The molecule has 1 atom stereocenters. The van der Waals surface area contributed by atoms with Gasteiger partial charge in [0, 0.05) is 24.6 Å². The van der Waals surface area contributed by atoms with Crippen molar-refractivity contribution in [2.75, 3.05) is 24.7 Å². The Bertz CT molecular complexity index is 343. The van der Waals surface area contributed by atoms with Gasteiger partial charge in [0.25, 0.3) is 0 Å². The van der Waals surface area contributed by atoms with Crippen molar-refractivity contribution in [1.29, 1.82) is 0 Å². The summed E-state index contributed by atoms with van der Waals surface area (Å²) >= 11 is 1.76. The van der Waals surface area contributed by atoms with Crippen molar-refractivity contribution >= 4 is 17.7 Å². The monoisotopic (exact) mass is 267 g/mol. The summed E-state index contributed by atoms with van der Waals surface area (Å²) in [6.45, 7) is 2.63. The van der Waals surface area contributed by atoms with Crippen molar-refractivity contribution < 1.29 is 9.90 Å². The average Bonchev–Trinajstić information content (AvgIpc) is 2.41. The molecule has 0 spiro atoms. The quantitative estimate of drug-likeness (QED) is 0.709. The predicted molar refractivity (Wildman–Crippen MR) is 76.9 cm³/mol. The lowest BCUT2D eigenvalue weighted by Gasteiger charge is -2.15. The summed E-state index contributed by atoms with van der Waals surface area (Å²) in [5.74, 6) is 1.94. The van der Waals surface area contributed by atoms with Crippen LogP contribution in [0.4, 0.5) is 0 Å². The van der Waals surface area contributed by atoms with Crippen LogP contribution in [0.3, 0.4) is 0 Å². The number of hydrogen-bond acceptors (Lipinski definition) is 3. The van der Waals surface area contributed by atoms with Gasteiger partial charge in [0.05, 0.1) is 6.61 Å². The largest absolute Gasteiger partial charge is 0.396 e. The molecule has 1 unspecified atom stereocenters. The second kappa shape index (κ2) is 9.00. The molecule has 0 saturated carbocycles. The molecule has 0 aromatic heterocycles. The number of carbonyl (C=O) groups is 1. The molecular formula is C14H21NO2S. The van der Waals surface area contributed by atoms with Crippen LogP contribution in [-0.2, 0) is 4.79 Å². The van der Waals surface area contributed by atoms with Gasteiger partial charge in [0.1, 0.15) is 0 Å². The first-order valence-electron chi connectivity index (χ1n) is 6.28. The zero-order chi connectivity index (χ0) is 13.2. The van der Waals surface area contributed by atoms with Gasteiger partial charge in [-0.05, 0) is 11.3 Å². The number of aliphatic hydroxyl groups excluding tert-OH is 1. The number of thioether (sulfide) groups is 1. The molecular weight excluding hydrogens is 246 g/mol. The molecule has 0 bridgehead atoms. The maximum absolute atomic E-state index is 11.6. The topological polar surface area (TPSA) is 49.3 Å². The van der Waals surface area contributed by atoms with Crippen LogP contribution >= 0.6 is 11.8 Å². The van der Waals surface area contributed by atoms with E-state index >= 15 is 0 Å². The molecule has 0 saturated heterocycles. The zero-order valence-corrected chi connectivity index (χ0v) is 11.6. The van der Waals surface area contributed by atoms with Crippen LogP contribution in [0, 0.1) is 0 Å². The lowest BCUT2D eigenvalue weighted by molar-refractivity contribution is -0.120. The summed E-state index contributed by atoms with van der Waals surface area (Å²) < 4.78 is 0. The molecule has 3 nitrogen and oxygen atoms in total. The highest BCUT2D eigenvalue weighted by molar-refractivity contribution is 7.99. The highest BCUT2D eigenvalue weighted by Crippen LogP contribution is 2.13. The second-order valence-electron chi connectivity index (χ2n) is 4.04. The number of nitrogens with one attached hydrogen (secondary N) is 1. The van der Waals surface area contributed by atoms with Crippen molar-refractivity contribution in [2.24, 2.45) is 0 Å². The molecule has 18 heavy (non-hydrogen) atoms. The maximum Gasteiger partial charge on any atom is 0.220 e. The van der Waals surface area contributed by atoms with E-state index < -0.39 is 0 Å². The fourth-order valence-electron chi connectivity index (χ4n) is 1.65. The van der Waals surface area contributed by atoms with Gasteiger partial charge >= 0.3 is 0 Å². The van der Waals surface area contributed by atoms with Crippen molar-refractivity contribution in [3.8, 4) is 0 Å². The highest BCUT2D eigenvalue weighted by Gasteiger charge is 2.11. The first-order valence-corrected chi connectivity index (χ1v) is 7.43. The van der Waals surface area contributed by atoms with Gasteiger partial charge in [-0.1, -0.05) is 37.3 Å². The predicted octanol–water partition coefficient (Wildman–Crippen LogP) is 2.02. The van der Waals surface area contributed by atoms with E-state index in [0.29, 0.717) is 13.0 Å². The molecule has 0 aliphatic rings. The van der Waals surface area contributed by atoms with Crippen LogP contribution in [0.25, 0.3) is 0 Å². The van der Waals surface area contributed by atoms with Crippen LogP contribution in [-0.4, -0.2) is 35.7 Å². The summed E-state index contributed by atoms with van der Waals surface area (Å²) in [4.78, 5) is 11.6. The molecule has 1 amide bonds. The Labute approximate surface area is 113 Å². The third-order valence-electron chi connectivity index (χ3n) is 2.71. The fraction of sp³-hybridized carbons (Fsp3) is 0.500. The zero-order valence-electron chi connectivity index (χ0n) is 10.8. The minimum Gasteiger partial charge on any atom is -0.396 e. The summed E-state index contributed by atoms with van der Waals surface area (Å²) in [5.41, 5.74) is 1.06. The van der Waals surface area contributed by atoms with Gasteiger partial charge in [-0.3, -0.25) is 4.79 Å². The molecule has 2 N–H and O–H groups in total. The first kappa shape index (κ1) is 15.1. The summed E-state index contributed by atoms with van der Waals surface area (Å²) in [5, 5.41) is 12.2. The van der Waals surface area contributed by atoms with E-state index in [9.17, 15) is 9.90 Å². The number of rotatable bonds is 8. The summed E-state index contributed by atoms with van der Waals surface area (Å²) in [6.07, 6.45) is 0.547. The molecule has 0 fully saturated rings. The minimum atomic E-state index is -0.0195. The van der Waals surface area contributed by atoms with E-state index in [0.717, 1.165) is 17.1 Å². The van der Waals surface area contributed by atoms with E-state index in [1.165, 1.54) is 0 Å². The smallest absolute Gasteiger partial charge is 0.220 e. The van der Waals surface area contributed by atoms with Crippen LogP contribution in [0.1, 0.15) is 24.8 Å². The summed E-state index contributed by atoms with van der Waals surface area (Å²) in [7, 11) is 0. The Balaban J connectivity index is 2.34. The Morgan fingerprint density at radius 1 is 1.39 bits per heavy atom. The van der Waals surface area contributed by atoms with E-state index in [4.69, 9.17) is 0 Å². The second-order valence-corrected chi connectivity index (χ2v) is 5.44. The average molecular weight is 267 g/mol. The number of benzene rings is 1. The van der Waals surface area contributed by atoms with Gasteiger partial charge < -0.3 is 10.4 Å². The van der Waals surface area contributed by atoms with Crippen LogP contribution in [0.2, 0.25) is 0 Å². The third-order valence-corrected chi connectivity index (χ3v) is 3.62. The van der Waals surface area contributed by atoms with Crippen LogP contribution in [0.15, 0.2) is 30.3 Å². The Kier molecular flexibility index (Phi) is 7.53. The molecule has 1 aromatic carbocycles. The standard InChI is InChI=1S/C14H21NO2S/c1-2-18-9-8-14(17)15-10-13(11-16)12-6-4-3-5-7-12/h3-7,13,16H,2,8-11H2,1H3,(H,15,17). The minimum absolute atomic E-state index is 0.0195. The normalized spacial score (nSPS) is 12.1. The van der Waals surface area contributed by atoms with Crippen LogP contribution in [0.5, 0.6) is 0 Å². The highest BCUT2D eigenvalue weighted by atomic mass is 32.2. The van der Waals surface area contributed by atoms with Crippen molar-refractivity contribution in [3.63, 3.8) is 0 Å². The molecule has 0 aliphatic heterocycles. The lowest BCUT2D eigenvalue weighted by Crippen LogP contribution is -2.29. The first-order chi connectivity index (χ1) is 8.77. The van der Waals surface area contributed by atoms with Gasteiger partial charge in [-0.15, -0.1) is 0 Å². The van der Waals surface area contributed by atoms with Gasteiger partial charge in [0.2, 0.25) is 5.91 Å². The maximum atomic E-state index is 11.6. The molecule has 1 aromatic rings. The molecule has 100 valence electrons. The Hall–Kier alpha value is -1.00. The molecule has 0 aliphatic carbocycles. The molecule has 0 heterocycles. The van der Waals surface area contributed by atoms with Gasteiger partial charge in [0.15, 0.2) is 0 Å². The molecule has 4 heteroatoms. The van der Waals surface area contributed by atoms with Crippen molar-refractivity contribution in [1.82, 2.24) is 5.32 Å². The van der Waals surface area contributed by atoms with Gasteiger partial charge in [-0.25, -0.2) is 0 Å². The van der Waals surface area contributed by atoms with E-state index in [-0.39, 0.29) is 18.4 Å². The van der Waals surface area contributed by atoms with E-state index in [1.807, 2.05) is 30.3 Å². The number of carbonyl (C=O) groups excluding carboxylic acids is 1. The SMILES string of the molecule is CCSCCC(=O)NCC(CO)c1ccccc1. The third kappa shape index (κ3) is 5.56. The summed E-state index contributed by atoms with van der Waals surface area (Å²) in [6, 6.07) is 9.77. The van der Waals surface area contributed by atoms with E-state index in [2.05, 4.69) is 12.2 Å². The van der Waals surface area contributed by atoms with Gasteiger partial charge in [-0.2, -0.15) is 11.8 Å². The Morgan fingerprint density at radius 3 is 2.72 bits per heavy atom. The number of hydrogen-bond donors (Lipinski definition) is 2. The van der Waals surface area contributed by atoms with Crippen LogP contribution < -0.4 is 5.32 Å². The lowest BCUT2D eigenvalue weighted by atomic mass is 10.0. The number of aliphatic hydroxyl groups is 1.